The van der Waals surface area contributed by atoms with E-state index in [1.807, 2.05) is 26.0 Å². The highest BCUT2D eigenvalue weighted by Gasteiger charge is 2.52. The Kier molecular flexibility index (Phi) is 16.5. The number of allylic oxidation sites excluding steroid dienone is 2. The summed E-state index contributed by atoms with van der Waals surface area (Å²) in [6.45, 7) is 8.74. The van der Waals surface area contributed by atoms with Crippen LogP contribution in [-0.4, -0.2) is 150 Å². The van der Waals surface area contributed by atoms with Crippen molar-refractivity contribution >= 4 is 5.97 Å². The van der Waals surface area contributed by atoms with Gasteiger partial charge in [-0.3, -0.25) is 4.79 Å². The van der Waals surface area contributed by atoms with Crippen molar-refractivity contribution < 1.29 is 73.0 Å². The molecule has 2 aliphatic carbocycles. The van der Waals surface area contributed by atoms with E-state index in [-0.39, 0.29) is 36.9 Å². The molecule has 5 N–H and O–H groups in total. The molecule has 0 aromatic rings. The molecule has 1 saturated carbocycles. The molecule has 2 bridgehead atoms. The maximum atomic E-state index is 14.3. The van der Waals surface area contributed by atoms with Crippen LogP contribution in [0.5, 0.6) is 0 Å². The lowest BCUT2D eigenvalue weighted by Gasteiger charge is -2.49. The van der Waals surface area contributed by atoms with Crippen LogP contribution >= 0.6 is 0 Å². The van der Waals surface area contributed by atoms with Crippen LogP contribution in [0.25, 0.3) is 0 Å². The molecule has 0 aromatic carbocycles. The molecule has 15 heteroatoms. The topological polar surface area (TPSA) is 201 Å². The van der Waals surface area contributed by atoms with Crippen molar-refractivity contribution in [2.75, 3.05) is 20.8 Å². The van der Waals surface area contributed by atoms with Gasteiger partial charge in [0.15, 0.2) is 18.4 Å². The van der Waals surface area contributed by atoms with Crippen molar-refractivity contribution in [2.45, 2.75) is 202 Å². The Morgan fingerprint density at radius 1 is 0.828 bits per heavy atom. The molecule has 0 radical (unpaired) electrons. The second-order valence-electron chi connectivity index (χ2n) is 19.4. The summed E-state index contributed by atoms with van der Waals surface area (Å²) < 4.78 is 57.2. The molecule has 64 heavy (non-hydrogen) atoms. The van der Waals surface area contributed by atoms with Crippen LogP contribution < -0.4 is 0 Å². The maximum absolute atomic E-state index is 14.3. The highest BCUT2D eigenvalue weighted by molar-refractivity contribution is 5.78. The van der Waals surface area contributed by atoms with Gasteiger partial charge in [0.25, 0.3) is 0 Å². The predicted octanol–water partition coefficient (Wildman–Crippen LogP) is 4.62. The third kappa shape index (κ3) is 11.0. The number of hydrogen-bond acceptors (Lipinski definition) is 15. The number of carbonyl (C=O) groups is 1. The van der Waals surface area contributed by atoms with Crippen LogP contribution in [0.3, 0.4) is 0 Å². The fourth-order valence-electron chi connectivity index (χ4n) is 11.0. The Morgan fingerprint density at radius 2 is 1.53 bits per heavy atom. The van der Waals surface area contributed by atoms with Gasteiger partial charge in [-0.05, 0) is 75.7 Å². The SMILES string of the molecule is CO[C@H]1C[C@H](O[C@H]2[C@H](C)O[C@@H](O[C@@H]3C(C)=CC[C@@H]4C[C@@H](C[C@]5(C=C[C@H](C)[C@@H](C6CCCCC6)O5)O4)OC(=O)[C@@H]4C=C(C)[C@@H](O)C[C@@]4(O)C(CO)=CC=C[C@@H]3O)C[C@@H]2OC)O[C@@H](C)[C@@H]1O. The van der Waals surface area contributed by atoms with Crippen LogP contribution in [0.15, 0.2) is 59.3 Å². The van der Waals surface area contributed by atoms with Gasteiger partial charge in [0.1, 0.15) is 42.0 Å². The molecule has 360 valence electrons. The largest absolute Gasteiger partial charge is 0.462 e. The fraction of sp³-hybridized carbons (Fsp3) is 0.776. The van der Waals surface area contributed by atoms with E-state index in [2.05, 4.69) is 13.0 Å². The molecule has 5 aliphatic heterocycles. The summed E-state index contributed by atoms with van der Waals surface area (Å²) in [5, 5.41) is 56.4. The van der Waals surface area contributed by atoms with Crippen molar-refractivity contribution in [1.82, 2.24) is 0 Å². The number of ether oxygens (including phenoxy) is 9. The second kappa shape index (κ2) is 21.3. The van der Waals surface area contributed by atoms with E-state index in [0.29, 0.717) is 36.3 Å². The Morgan fingerprint density at radius 3 is 2.25 bits per heavy atom. The molecule has 15 nitrogen and oxygen atoms in total. The molecule has 1 spiro atoms. The Balaban J connectivity index is 1.18. The Bertz CT molecular complexity index is 1740. The van der Waals surface area contributed by atoms with E-state index in [9.17, 15) is 30.3 Å². The van der Waals surface area contributed by atoms with Gasteiger partial charge in [-0.25, -0.2) is 0 Å². The van der Waals surface area contributed by atoms with Crippen molar-refractivity contribution in [2.24, 2.45) is 17.8 Å². The fourth-order valence-corrected chi connectivity index (χ4v) is 11.0. The summed E-state index contributed by atoms with van der Waals surface area (Å²) in [5.41, 5.74) is -0.729. The molecule has 4 fully saturated rings. The van der Waals surface area contributed by atoms with E-state index in [1.165, 1.54) is 30.7 Å². The molecule has 7 aliphatic rings. The van der Waals surface area contributed by atoms with Gasteiger partial charge in [0.05, 0.1) is 49.3 Å². The zero-order valence-electron chi connectivity index (χ0n) is 38.7. The summed E-state index contributed by atoms with van der Waals surface area (Å²) in [5.74, 6) is -2.53. The first-order chi connectivity index (χ1) is 30.6. The molecule has 3 saturated heterocycles. The van der Waals surface area contributed by atoms with E-state index in [0.717, 1.165) is 25.7 Å². The van der Waals surface area contributed by atoms with Gasteiger partial charge in [-0.1, -0.05) is 62.6 Å². The average molecular weight is 903 g/mol. The minimum Gasteiger partial charge on any atom is -0.462 e. The van der Waals surface area contributed by atoms with Crippen LogP contribution in [0.4, 0.5) is 0 Å². The average Bonchev–Trinajstić information content (AvgIpc) is 3.27. The van der Waals surface area contributed by atoms with Gasteiger partial charge in [0.2, 0.25) is 0 Å². The Hall–Kier alpha value is -2.35. The number of hydrogen-bond donors (Lipinski definition) is 5. The third-order valence-corrected chi connectivity index (χ3v) is 14.8. The quantitative estimate of drug-likeness (QED) is 0.167. The monoisotopic (exact) mass is 903 g/mol. The smallest absolute Gasteiger partial charge is 0.316 e. The minimum absolute atomic E-state index is 0.0720. The van der Waals surface area contributed by atoms with Crippen LogP contribution in [-0.2, 0) is 47.4 Å². The number of aliphatic hydroxyl groups excluding tert-OH is 4. The van der Waals surface area contributed by atoms with Crippen molar-refractivity contribution in [3.63, 3.8) is 0 Å². The Labute approximate surface area is 378 Å². The normalized spacial score (nSPS) is 45.2. The summed E-state index contributed by atoms with van der Waals surface area (Å²) in [6, 6.07) is 0. The number of esters is 1. The van der Waals surface area contributed by atoms with Crippen molar-refractivity contribution in [1.29, 1.82) is 0 Å². The lowest BCUT2D eigenvalue weighted by molar-refractivity contribution is -0.319. The van der Waals surface area contributed by atoms with Crippen LogP contribution in [0.1, 0.15) is 105 Å². The van der Waals surface area contributed by atoms with Gasteiger partial charge >= 0.3 is 5.97 Å². The molecule has 7 rings (SSSR count). The summed E-state index contributed by atoms with van der Waals surface area (Å²) >= 11 is 0. The summed E-state index contributed by atoms with van der Waals surface area (Å²) in [7, 11) is 3.14. The third-order valence-electron chi connectivity index (χ3n) is 14.8. The predicted molar refractivity (Wildman–Crippen MR) is 233 cm³/mol. The lowest BCUT2D eigenvalue weighted by Crippen LogP contribution is -2.55. The van der Waals surface area contributed by atoms with E-state index < -0.39 is 110 Å². The highest BCUT2D eigenvalue weighted by atomic mass is 16.7. The second-order valence-corrected chi connectivity index (χ2v) is 19.4. The van der Waals surface area contributed by atoms with Crippen LogP contribution in [0, 0.1) is 17.8 Å². The zero-order chi connectivity index (χ0) is 45.9. The van der Waals surface area contributed by atoms with E-state index in [1.54, 1.807) is 28.1 Å². The van der Waals surface area contributed by atoms with Gasteiger partial charge in [-0.15, -0.1) is 0 Å². The zero-order valence-corrected chi connectivity index (χ0v) is 38.7. The van der Waals surface area contributed by atoms with Crippen molar-refractivity contribution in [3.05, 3.63) is 59.3 Å². The molecule has 0 amide bonds. The number of carbonyl (C=O) groups excluding carboxylic acids is 1. The van der Waals surface area contributed by atoms with Gasteiger partial charge in [0, 0.05) is 52.2 Å². The minimum atomic E-state index is -2.00. The molecule has 0 unspecified atom stereocenters. The first-order valence-corrected chi connectivity index (χ1v) is 23.6. The number of fused-ring (bicyclic) bond motifs is 3. The molecular formula is C49H74O15. The first-order valence-electron chi connectivity index (χ1n) is 23.6. The van der Waals surface area contributed by atoms with E-state index in [4.69, 9.17) is 42.6 Å². The summed E-state index contributed by atoms with van der Waals surface area (Å²) in [6.07, 6.45) is 9.81. The van der Waals surface area contributed by atoms with Crippen LogP contribution in [0.2, 0.25) is 0 Å². The number of aliphatic hydroxyl groups is 5. The standard InChI is InChI=1S/C49H74O15/c1-27-16-17-34-21-35(24-48(63-34)19-18-28(2)44(64-48)32-12-9-8-10-13-32)60-47(54)36-20-29(3)38(52)25-49(36,55)33(26-50)14-11-15-37(51)45(27)61-42-23-40(57-7)46(31(5)59-42)62-41-22-39(56-6)43(53)30(4)58-41/h11,14-16,18-20,28,30-32,34-46,50-53,55H,8-10,12-13,17,21-26H2,1-7H3/t28-,30-,31-,34+,35-,36-,37-,38-,39-,40-,41-,42-,43-,44-,45+,46-,48+,49+/m0/s1. The van der Waals surface area contributed by atoms with Crippen molar-refractivity contribution in [3.8, 4) is 0 Å². The molecule has 5 heterocycles. The summed E-state index contributed by atoms with van der Waals surface area (Å²) in [4.78, 5) is 14.3. The molecule has 18 atom stereocenters. The van der Waals surface area contributed by atoms with Gasteiger partial charge < -0.3 is 68.2 Å². The van der Waals surface area contributed by atoms with Gasteiger partial charge in [-0.2, -0.15) is 0 Å². The number of rotatable bonds is 8. The number of methoxy groups -OCH3 is 2. The highest BCUT2D eigenvalue weighted by Crippen LogP contribution is 2.45. The molecule has 0 aromatic heterocycles. The maximum Gasteiger partial charge on any atom is 0.316 e. The first kappa shape index (κ1) is 49.6. The van der Waals surface area contributed by atoms with E-state index >= 15 is 0 Å². The molecular weight excluding hydrogens is 829 g/mol. The lowest BCUT2D eigenvalue weighted by atomic mass is 9.71.